The first-order valence-electron chi connectivity index (χ1n) is 18.1. The number of pyridine rings is 1. The number of nitrogens with zero attached hydrogens (tertiary/aromatic N) is 3. The van der Waals surface area contributed by atoms with Crippen LogP contribution in [0.4, 0.5) is 0 Å². The van der Waals surface area contributed by atoms with Gasteiger partial charge in [-0.2, -0.15) is 0 Å². The van der Waals surface area contributed by atoms with Crippen molar-refractivity contribution in [2.24, 2.45) is 0 Å². The Hall–Kier alpha value is -6.10. The highest BCUT2D eigenvalue weighted by Gasteiger charge is 2.51. The summed E-state index contributed by atoms with van der Waals surface area (Å²) in [7, 11) is 0. The van der Waals surface area contributed by atoms with Crippen molar-refractivity contribution in [1.29, 1.82) is 0 Å². The molecule has 10 rings (SSSR count). The monoisotopic (exact) mass is 697 g/mol. The Bertz CT molecular complexity index is 2690. The van der Waals surface area contributed by atoms with E-state index in [2.05, 4.69) is 159 Å². The zero-order valence-corrected chi connectivity index (χ0v) is 30.6. The first kappa shape index (κ1) is 31.6. The molecule has 2 aromatic heterocycles. The van der Waals surface area contributed by atoms with Crippen LogP contribution in [0.25, 0.3) is 56.0 Å². The molecule has 0 fully saturated rings. The van der Waals surface area contributed by atoms with Gasteiger partial charge in [-0.25, -0.2) is 9.97 Å². The van der Waals surface area contributed by atoms with Crippen LogP contribution in [0.1, 0.15) is 39.2 Å². The van der Waals surface area contributed by atoms with Crippen molar-refractivity contribution in [3.8, 4) is 56.0 Å². The maximum Gasteiger partial charge on any atom is 0.126 e. The molecule has 0 saturated carbocycles. The highest BCUT2D eigenvalue weighted by molar-refractivity contribution is 7.99. The number of aryl methyl sites for hydroxylation is 3. The minimum atomic E-state index is -0.511. The van der Waals surface area contributed by atoms with Gasteiger partial charge in [-0.05, 0) is 107 Å². The van der Waals surface area contributed by atoms with E-state index in [1.165, 1.54) is 65.4 Å². The molecule has 0 amide bonds. The number of benzene rings is 6. The fourth-order valence-electron chi connectivity index (χ4n) is 8.42. The van der Waals surface area contributed by atoms with E-state index < -0.39 is 5.41 Å². The lowest BCUT2D eigenvalue weighted by molar-refractivity contribution is 0.722. The molecule has 252 valence electrons. The molecule has 4 heteroatoms. The van der Waals surface area contributed by atoms with Gasteiger partial charge in [-0.15, -0.1) is 0 Å². The van der Waals surface area contributed by atoms with Gasteiger partial charge in [-0.1, -0.05) is 133 Å². The summed E-state index contributed by atoms with van der Waals surface area (Å²) in [5, 5.41) is 0. The fourth-order valence-corrected chi connectivity index (χ4v) is 9.61. The highest BCUT2D eigenvalue weighted by atomic mass is 32.2. The summed E-state index contributed by atoms with van der Waals surface area (Å²) in [6.07, 6.45) is 1.97. The van der Waals surface area contributed by atoms with Gasteiger partial charge in [0.05, 0.1) is 22.5 Å². The molecule has 0 unspecified atom stereocenters. The first-order valence-corrected chi connectivity index (χ1v) is 18.9. The van der Waals surface area contributed by atoms with Crippen LogP contribution in [0.3, 0.4) is 0 Å². The van der Waals surface area contributed by atoms with Gasteiger partial charge in [0.2, 0.25) is 0 Å². The summed E-state index contributed by atoms with van der Waals surface area (Å²) in [6, 6.07) is 55.5. The number of fused-ring (bicyclic) bond motifs is 9. The smallest absolute Gasteiger partial charge is 0.126 e. The molecular formula is C49H35N3S. The summed E-state index contributed by atoms with van der Waals surface area (Å²) >= 11 is 1.87. The van der Waals surface area contributed by atoms with Crippen molar-refractivity contribution in [2.75, 3.05) is 0 Å². The molecule has 1 aliphatic heterocycles. The molecule has 53 heavy (non-hydrogen) atoms. The number of aromatic nitrogens is 3. The van der Waals surface area contributed by atoms with Crippen molar-refractivity contribution in [2.45, 2.75) is 36.0 Å². The molecule has 3 nitrogen and oxygen atoms in total. The molecule has 6 aromatic carbocycles. The summed E-state index contributed by atoms with van der Waals surface area (Å²) in [6.45, 7) is 6.25. The zero-order valence-electron chi connectivity index (χ0n) is 29.8. The van der Waals surface area contributed by atoms with Gasteiger partial charge in [-0.3, -0.25) is 4.98 Å². The van der Waals surface area contributed by atoms with Gasteiger partial charge in [0.1, 0.15) is 5.82 Å². The van der Waals surface area contributed by atoms with Crippen LogP contribution in [0.15, 0.2) is 168 Å². The number of hydrogen-bond donors (Lipinski definition) is 0. The van der Waals surface area contributed by atoms with Gasteiger partial charge in [0, 0.05) is 32.7 Å². The predicted octanol–water partition coefficient (Wildman–Crippen LogP) is 12.3. The van der Waals surface area contributed by atoms with Crippen LogP contribution < -0.4 is 0 Å². The highest BCUT2D eigenvalue weighted by Crippen LogP contribution is 2.63. The minimum absolute atomic E-state index is 0.511. The lowest BCUT2D eigenvalue weighted by atomic mass is 9.67. The molecule has 0 saturated heterocycles. The first-order chi connectivity index (χ1) is 26.0. The summed E-state index contributed by atoms with van der Waals surface area (Å²) in [5.74, 6) is 0.756. The second-order valence-electron chi connectivity index (χ2n) is 14.1. The van der Waals surface area contributed by atoms with Crippen LogP contribution in [-0.2, 0) is 5.41 Å². The average molecular weight is 698 g/mol. The number of hydrogen-bond acceptors (Lipinski definition) is 4. The molecule has 2 aliphatic rings. The van der Waals surface area contributed by atoms with Crippen LogP contribution in [0.5, 0.6) is 0 Å². The lowest BCUT2D eigenvalue weighted by Crippen LogP contribution is -2.32. The second kappa shape index (κ2) is 12.3. The molecular weight excluding hydrogens is 663 g/mol. The maximum absolute atomic E-state index is 5.09. The van der Waals surface area contributed by atoms with Gasteiger partial charge in [0.15, 0.2) is 0 Å². The van der Waals surface area contributed by atoms with Gasteiger partial charge in [0.25, 0.3) is 0 Å². The largest absolute Gasteiger partial charge is 0.256 e. The molecule has 1 aliphatic carbocycles. The standard InChI is InChI=1S/C49H35N3S/c1-30-26-43(50-29-31(30)2)35-22-20-33(21-23-35)36-24-25-37-42(27-36)49(39-15-7-9-18-46(39)53-47-19-10-8-16-40(47)49)41-17-11-14-38(48(37)41)45-28-44(51-32(3)52-45)34-12-5-4-6-13-34/h4-29H,1-3H3. The number of rotatable bonds is 4. The third kappa shape index (κ3) is 4.93. The average Bonchev–Trinajstić information content (AvgIpc) is 3.49. The maximum atomic E-state index is 5.09. The second-order valence-corrected chi connectivity index (χ2v) is 15.2. The Morgan fingerprint density at radius 2 is 1.06 bits per heavy atom. The quantitative estimate of drug-likeness (QED) is 0.183. The summed E-state index contributed by atoms with van der Waals surface area (Å²) in [4.78, 5) is 17.3. The van der Waals surface area contributed by atoms with Crippen molar-refractivity contribution >= 4 is 11.8 Å². The van der Waals surface area contributed by atoms with E-state index in [1.807, 2.05) is 30.9 Å². The van der Waals surface area contributed by atoms with Crippen LogP contribution in [-0.4, -0.2) is 15.0 Å². The lowest BCUT2D eigenvalue weighted by Gasteiger charge is -2.39. The van der Waals surface area contributed by atoms with E-state index in [0.717, 1.165) is 39.6 Å². The van der Waals surface area contributed by atoms with E-state index in [4.69, 9.17) is 15.0 Å². The molecule has 0 radical (unpaired) electrons. The van der Waals surface area contributed by atoms with E-state index in [1.54, 1.807) is 0 Å². The minimum Gasteiger partial charge on any atom is -0.256 e. The zero-order chi connectivity index (χ0) is 35.7. The topological polar surface area (TPSA) is 38.7 Å². The third-order valence-electron chi connectivity index (χ3n) is 11.0. The molecule has 0 atom stereocenters. The van der Waals surface area contributed by atoms with E-state index in [0.29, 0.717) is 0 Å². The normalized spacial score (nSPS) is 13.3. The molecule has 1 spiro atoms. The van der Waals surface area contributed by atoms with Crippen LogP contribution >= 0.6 is 11.8 Å². The predicted molar refractivity (Wildman–Crippen MR) is 217 cm³/mol. The van der Waals surface area contributed by atoms with Crippen molar-refractivity contribution in [3.05, 3.63) is 197 Å². The Morgan fingerprint density at radius 3 is 1.79 bits per heavy atom. The van der Waals surface area contributed by atoms with Crippen LogP contribution in [0.2, 0.25) is 0 Å². The Kier molecular flexibility index (Phi) is 7.31. The van der Waals surface area contributed by atoms with Gasteiger partial charge >= 0.3 is 0 Å². The fraction of sp³-hybridized carbons (Fsp3) is 0.0816. The van der Waals surface area contributed by atoms with Crippen molar-refractivity contribution < 1.29 is 0 Å². The van der Waals surface area contributed by atoms with Crippen molar-refractivity contribution in [1.82, 2.24) is 15.0 Å². The van der Waals surface area contributed by atoms with E-state index >= 15 is 0 Å². The van der Waals surface area contributed by atoms with Crippen molar-refractivity contribution in [3.63, 3.8) is 0 Å². The van der Waals surface area contributed by atoms with Crippen LogP contribution in [0, 0.1) is 20.8 Å². The molecule has 0 N–H and O–H groups in total. The summed E-state index contributed by atoms with van der Waals surface area (Å²) < 4.78 is 0. The van der Waals surface area contributed by atoms with E-state index in [9.17, 15) is 0 Å². The molecule has 3 heterocycles. The molecule has 8 aromatic rings. The summed E-state index contributed by atoms with van der Waals surface area (Å²) in [5.41, 5.74) is 18.2. The van der Waals surface area contributed by atoms with E-state index in [-0.39, 0.29) is 0 Å². The Balaban J connectivity index is 1.22. The Morgan fingerprint density at radius 1 is 0.434 bits per heavy atom. The molecule has 0 bridgehead atoms. The Labute approximate surface area is 314 Å². The third-order valence-corrected chi connectivity index (χ3v) is 12.2. The van der Waals surface area contributed by atoms with Gasteiger partial charge < -0.3 is 0 Å². The SMILES string of the molecule is Cc1nc(-c2ccccc2)cc(-c2cccc3c2-c2ccc(-c4ccc(-c5cc(C)c(C)cn5)cc4)cc2C32c3ccccc3Sc3ccccc32)n1.